The molecular formula is C20H20F3NO3S. The Bertz CT molecular complexity index is 1030. The number of halogens is 3. The lowest BCUT2D eigenvalue weighted by Crippen LogP contribution is -2.21. The molecule has 8 heteroatoms. The minimum absolute atomic E-state index is 0.241. The first kappa shape index (κ1) is 16.4. The predicted octanol–water partition coefficient (Wildman–Crippen LogP) is 5.26. The van der Waals surface area contributed by atoms with Crippen LogP contribution in [0.3, 0.4) is 0 Å². The summed E-state index contributed by atoms with van der Waals surface area (Å²) < 4.78 is 67.8. The van der Waals surface area contributed by atoms with Gasteiger partial charge in [0.05, 0.1) is 1.37 Å². The van der Waals surface area contributed by atoms with E-state index in [1.807, 2.05) is 47.8 Å². The zero-order valence-corrected chi connectivity index (χ0v) is 15.3. The third-order valence-corrected chi connectivity index (χ3v) is 4.53. The number of hydrogen-bond donors (Lipinski definition) is 2. The number of hydrogen-bond acceptors (Lipinski definition) is 4. The van der Waals surface area contributed by atoms with Gasteiger partial charge in [0.15, 0.2) is 0 Å². The summed E-state index contributed by atoms with van der Waals surface area (Å²) in [6, 6.07) is 15.6. The van der Waals surface area contributed by atoms with Gasteiger partial charge in [-0.2, -0.15) is 13.2 Å². The van der Waals surface area contributed by atoms with Gasteiger partial charge in [0.25, 0.3) is 0 Å². The largest absolute Gasteiger partial charge is 0.490 e. The Kier molecular flexibility index (Phi) is 5.91. The van der Waals surface area contributed by atoms with Crippen molar-refractivity contribution in [2.75, 3.05) is 13.5 Å². The molecule has 0 aliphatic heterocycles. The predicted molar refractivity (Wildman–Crippen MR) is 104 cm³/mol. The average molecular weight is 415 g/mol. The Hall–Kier alpha value is -2.58. The summed E-state index contributed by atoms with van der Waals surface area (Å²) in [7, 11) is 0. The maximum Gasteiger partial charge on any atom is 0.490 e. The van der Waals surface area contributed by atoms with E-state index in [2.05, 4.69) is 5.32 Å². The van der Waals surface area contributed by atoms with Crippen molar-refractivity contribution in [2.45, 2.75) is 18.7 Å². The fourth-order valence-electron chi connectivity index (χ4n) is 2.31. The van der Waals surface area contributed by atoms with E-state index in [4.69, 9.17) is 20.1 Å². The molecule has 1 aromatic heterocycles. The van der Waals surface area contributed by atoms with Gasteiger partial charge in [-0.15, -0.1) is 11.3 Å². The minimum atomic E-state index is -5.08. The molecule has 1 heterocycles. The second-order valence-corrected chi connectivity index (χ2v) is 6.51. The first-order valence-corrected chi connectivity index (χ1v) is 9.00. The number of carboxylic acid groups (broad SMARTS) is 1. The highest BCUT2D eigenvalue weighted by molar-refractivity contribution is 7.10. The monoisotopic (exact) mass is 415 g/mol. The van der Waals surface area contributed by atoms with Crippen LogP contribution in [0.15, 0.2) is 60.0 Å². The summed E-state index contributed by atoms with van der Waals surface area (Å²) in [5.74, 6) is -2.05. The van der Waals surface area contributed by atoms with Crippen molar-refractivity contribution in [2.24, 2.45) is 0 Å². The van der Waals surface area contributed by atoms with Gasteiger partial charge in [-0.3, -0.25) is 0 Å². The lowest BCUT2D eigenvalue weighted by Gasteiger charge is -2.19. The number of alkyl halides is 3. The van der Waals surface area contributed by atoms with Gasteiger partial charge in [0.1, 0.15) is 11.9 Å². The standard InChI is InChI=1S/C18H19NOS.C2HF3O2/c1-19-12-11-17(18-10-5-13-21-18)20-16-9-4-7-14-6-2-3-8-15(14)16;3-2(4,5)1(6)7/h2-10,13,17,19H,11-12H2,1H3;(H,6,7)/t17-;/m0./s1/i1D3,7D;. The van der Waals surface area contributed by atoms with Crippen LogP contribution >= 0.6 is 11.3 Å². The fourth-order valence-corrected chi connectivity index (χ4v) is 3.10. The maximum absolute atomic E-state index is 10.6. The summed E-state index contributed by atoms with van der Waals surface area (Å²) in [6.45, 7) is -1.83. The van der Waals surface area contributed by atoms with Crippen LogP contribution in [0.1, 0.15) is 22.9 Å². The summed E-state index contributed by atoms with van der Waals surface area (Å²) in [6.07, 6.45) is -4.79. The van der Waals surface area contributed by atoms with Gasteiger partial charge >= 0.3 is 12.1 Å². The highest BCUT2D eigenvalue weighted by Crippen LogP contribution is 2.32. The van der Waals surface area contributed by atoms with Crippen LogP contribution in [0.5, 0.6) is 5.75 Å². The smallest absolute Gasteiger partial charge is 0.484 e. The van der Waals surface area contributed by atoms with E-state index in [-0.39, 0.29) is 6.10 Å². The number of benzene rings is 2. The highest BCUT2D eigenvalue weighted by Gasteiger charge is 2.38. The molecule has 0 unspecified atom stereocenters. The quantitative estimate of drug-likeness (QED) is 0.576. The third-order valence-electron chi connectivity index (χ3n) is 3.57. The summed E-state index contributed by atoms with van der Waals surface area (Å²) in [5.41, 5.74) is 0. The number of nitrogens with one attached hydrogen (secondary N) is 1. The number of ether oxygens (including phenoxy) is 1. The molecule has 0 saturated heterocycles. The number of thiophene rings is 1. The molecule has 0 radical (unpaired) electrons. The van der Waals surface area contributed by atoms with Crippen molar-refractivity contribution in [3.05, 3.63) is 64.8 Å². The zero-order chi connectivity index (χ0) is 23.9. The molecule has 3 aromatic rings. The molecule has 0 aliphatic rings. The van der Waals surface area contributed by atoms with Crippen molar-refractivity contribution in [1.82, 2.24) is 5.32 Å². The molecule has 0 spiro atoms. The molecule has 1 atom stereocenters. The van der Waals surface area contributed by atoms with E-state index in [9.17, 15) is 13.2 Å². The molecule has 0 bridgehead atoms. The van der Waals surface area contributed by atoms with E-state index in [1.54, 1.807) is 17.4 Å². The lowest BCUT2D eigenvalue weighted by atomic mass is 10.1. The summed E-state index contributed by atoms with van der Waals surface area (Å²) >= 11 is 1.59. The fraction of sp³-hybridized carbons (Fsp3) is 0.250. The number of rotatable bonds is 6. The van der Waals surface area contributed by atoms with Crippen LogP contribution in [0.4, 0.5) is 13.2 Å². The molecule has 4 nitrogen and oxygen atoms in total. The number of carbonyl (C=O) groups is 1. The second-order valence-electron chi connectivity index (χ2n) is 5.53. The third kappa shape index (κ3) is 6.24. The topological polar surface area (TPSA) is 58.6 Å². The Morgan fingerprint density at radius 3 is 2.68 bits per heavy atom. The van der Waals surface area contributed by atoms with Crippen molar-refractivity contribution in [1.29, 1.82) is 0 Å². The van der Waals surface area contributed by atoms with Gasteiger partial charge < -0.3 is 15.2 Å². The first-order valence-electron chi connectivity index (χ1n) is 10.1. The Labute approximate surface area is 170 Å². The van der Waals surface area contributed by atoms with Gasteiger partial charge in [-0.25, -0.2) is 4.79 Å². The van der Waals surface area contributed by atoms with Crippen molar-refractivity contribution in [3.63, 3.8) is 0 Å². The normalized spacial score (nSPS) is 14.7. The maximum atomic E-state index is 10.6. The molecule has 2 aromatic carbocycles. The van der Waals surface area contributed by atoms with Crippen LogP contribution in [0, 0.1) is 0 Å². The second kappa shape index (κ2) is 10.1. The SMILES string of the molecule is O=C(O)C(F)(F)F.[2H]c1ccc(O[C@@H](CCNC([2H])([2H])[2H])c2cccs2)c2ccccc12. The van der Waals surface area contributed by atoms with Crippen LogP contribution in [0.25, 0.3) is 10.8 Å². The number of carboxylic acids is 1. The van der Waals surface area contributed by atoms with E-state index in [0.717, 1.165) is 15.6 Å². The van der Waals surface area contributed by atoms with Gasteiger partial charge in [0, 0.05) is 20.8 Å². The Morgan fingerprint density at radius 2 is 2.04 bits per heavy atom. The molecule has 150 valence electrons. The molecule has 0 fully saturated rings. The number of aliphatic carboxylic acids is 1. The van der Waals surface area contributed by atoms with Crippen LogP contribution in [-0.2, 0) is 4.79 Å². The molecule has 3 rings (SSSR count). The van der Waals surface area contributed by atoms with Gasteiger partial charge in [-0.05, 0) is 36.4 Å². The van der Waals surface area contributed by atoms with E-state index < -0.39 is 19.1 Å². The highest BCUT2D eigenvalue weighted by atomic mass is 32.1. The van der Waals surface area contributed by atoms with Gasteiger partial charge in [0.2, 0.25) is 0 Å². The molecule has 0 saturated carbocycles. The molecule has 0 amide bonds. The summed E-state index contributed by atoms with van der Waals surface area (Å²) in [4.78, 5) is 9.94. The number of fused-ring (bicyclic) bond motifs is 1. The van der Waals surface area contributed by atoms with Crippen LogP contribution < -0.4 is 10.1 Å². The Balaban J connectivity index is 0.000000451. The lowest BCUT2D eigenvalue weighted by molar-refractivity contribution is -0.192. The molecule has 2 N–H and O–H groups in total. The van der Waals surface area contributed by atoms with Crippen LogP contribution in [0.2, 0.25) is 0 Å². The van der Waals surface area contributed by atoms with Crippen LogP contribution in [-0.4, -0.2) is 30.8 Å². The molecular weight excluding hydrogens is 391 g/mol. The van der Waals surface area contributed by atoms with Crippen molar-refractivity contribution in [3.8, 4) is 5.75 Å². The zero-order valence-electron chi connectivity index (χ0n) is 18.5. The molecule has 28 heavy (non-hydrogen) atoms. The Morgan fingerprint density at radius 1 is 1.29 bits per heavy atom. The molecule has 0 aliphatic carbocycles. The van der Waals surface area contributed by atoms with E-state index in [0.29, 0.717) is 24.8 Å². The van der Waals surface area contributed by atoms with E-state index in [1.165, 1.54) is 0 Å². The van der Waals surface area contributed by atoms with Crippen molar-refractivity contribution < 1.29 is 33.3 Å². The summed E-state index contributed by atoms with van der Waals surface area (Å²) in [5, 5.41) is 13.4. The minimum Gasteiger partial charge on any atom is -0.484 e. The van der Waals surface area contributed by atoms with Crippen molar-refractivity contribution >= 4 is 28.1 Å². The van der Waals surface area contributed by atoms with Gasteiger partial charge in [-0.1, -0.05) is 42.4 Å². The van der Waals surface area contributed by atoms with E-state index >= 15 is 0 Å². The first-order chi connectivity index (χ1) is 14.9. The average Bonchev–Trinajstić information content (AvgIpc) is 3.23.